The number of anilines is 1. The fraction of sp³-hybridized carbons (Fsp3) is 0.125. The molecule has 1 aromatic carbocycles. The molecule has 2 aromatic heterocycles. The number of nitrogens with zero attached hydrogens (tertiary/aromatic N) is 1. The number of halogens is 1. The molecule has 1 N–H and O–H groups in total. The van der Waals surface area contributed by atoms with Crippen molar-refractivity contribution in [3.05, 3.63) is 45.6 Å². The molecule has 5 nitrogen and oxygen atoms in total. The highest BCUT2D eigenvalue weighted by Crippen LogP contribution is 2.33. The third kappa shape index (κ3) is 3.53. The lowest BCUT2D eigenvalue weighted by Gasteiger charge is -2.09. The first kappa shape index (κ1) is 16.8. The highest BCUT2D eigenvalue weighted by Gasteiger charge is 2.15. The molecule has 124 valence electrons. The molecule has 3 aromatic rings. The third-order valence-corrected chi connectivity index (χ3v) is 5.22. The Morgan fingerprint density at radius 2 is 2.04 bits per heavy atom. The van der Waals surface area contributed by atoms with Gasteiger partial charge in [-0.25, -0.2) is 4.98 Å². The Bertz CT molecular complexity index is 876. The SMILES string of the molecule is COc1ccc(C(=O)Nc2nc(-c3ccc(Cl)s3)cs2)c(OC)c1. The fourth-order valence-electron chi connectivity index (χ4n) is 2.05. The van der Waals surface area contributed by atoms with Crippen molar-refractivity contribution in [2.45, 2.75) is 0 Å². The summed E-state index contributed by atoms with van der Waals surface area (Å²) in [6.45, 7) is 0. The number of carbonyl (C=O) groups is 1. The van der Waals surface area contributed by atoms with Gasteiger partial charge in [0.05, 0.1) is 34.7 Å². The number of hydrogen-bond acceptors (Lipinski definition) is 6. The minimum atomic E-state index is -0.292. The molecule has 1 amide bonds. The molecule has 24 heavy (non-hydrogen) atoms. The first-order chi connectivity index (χ1) is 11.6. The summed E-state index contributed by atoms with van der Waals surface area (Å²) in [7, 11) is 3.07. The van der Waals surface area contributed by atoms with Crippen molar-refractivity contribution in [1.82, 2.24) is 4.98 Å². The highest BCUT2D eigenvalue weighted by atomic mass is 35.5. The van der Waals surface area contributed by atoms with E-state index in [4.69, 9.17) is 21.1 Å². The molecule has 2 heterocycles. The standard InChI is InChI=1S/C16H13ClN2O3S2/c1-21-9-3-4-10(12(7-9)22-2)15(20)19-16-18-11(8-23-16)13-5-6-14(17)24-13/h3-8H,1-2H3,(H,18,19,20). The van der Waals surface area contributed by atoms with Crippen LogP contribution in [0.5, 0.6) is 11.5 Å². The van der Waals surface area contributed by atoms with Crippen LogP contribution in [0.25, 0.3) is 10.6 Å². The number of thiazole rings is 1. The van der Waals surface area contributed by atoms with Crippen LogP contribution in [-0.4, -0.2) is 25.1 Å². The second-order valence-corrected chi connectivity index (χ2v) is 7.24. The quantitative estimate of drug-likeness (QED) is 0.691. The molecule has 0 saturated carbocycles. The number of rotatable bonds is 5. The number of thiophene rings is 1. The van der Waals surface area contributed by atoms with Gasteiger partial charge in [-0.15, -0.1) is 22.7 Å². The van der Waals surface area contributed by atoms with Gasteiger partial charge in [0.15, 0.2) is 5.13 Å². The number of aromatic nitrogens is 1. The molecule has 0 fully saturated rings. The van der Waals surface area contributed by atoms with Crippen LogP contribution in [0, 0.1) is 0 Å². The summed E-state index contributed by atoms with van der Waals surface area (Å²) < 4.78 is 11.1. The lowest BCUT2D eigenvalue weighted by Crippen LogP contribution is -2.13. The predicted molar refractivity (Wildman–Crippen MR) is 97.9 cm³/mol. The average Bonchev–Trinajstić information content (AvgIpc) is 3.23. The van der Waals surface area contributed by atoms with Crippen LogP contribution in [0.2, 0.25) is 4.34 Å². The van der Waals surface area contributed by atoms with Gasteiger partial charge < -0.3 is 9.47 Å². The molecule has 8 heteroatoms. The number of amides is 1. The summed E-state index contributed by atoms with van der Waals surface area (Å²) in [5.74, 6) is 0.766. The van der Waals surface area contributed by atoms with Crippen molar-refractivity contribution in [1.29, 1.82) is 0 Å². The van der Waals surface area contributed by atoms with Crippen LogP contribution >= 0.6 is 34.3 Å². The Labute approximate surface area is 151 Å². The average molecular weight is 381 g/mol. The summed E-state index contributed by atoms with van der Waals surface area (Å²) in [5.41, 5.74) is 1.20. The van der Waals surface area contributed by atoms with Crippen molar-refractivity contribution < 1.29 is 14.3 Å². The maximum absolute atomic E-state index is 12.5. The molecule has 0 atom stereocenters. The Hall–Kier alpha value is -2.09. The number of ether oxygens (including phenoxy) is 2. The van der Waals surface area contributed by atoms with E-state index in [1.54, 1.807) is 25.3 Å². The Kier molecular flexibility index (Phi) is 5.03. The maximum atomic E-state index is 12.5. The van der Waals surface area contributed by atoms with Crippen molar-refractivity contribution >= 4 is 45.3 Å². The molecular formula is C16H13ClN2O3S2. The van der Waals surface area contributed by atoms with E-state index in [0.29, 0.717) is 26.5 Å². The first-order valence-corrected chi connectivity index (χ1v) is 8.92. The van der Waals surface area contributed by atoms with E-state index in [-0.39, 0.29) is 5.91 Å². The van der Waals surface area contributed by atoms with Gasteiger partial charge in [-0.1, -0.05) is 11.6 Å². The number of benzene rings is 1. The molecule has 0 aliphatic heterocycles. The monoisotopic (exact) mass is 380 g/mol. The zero-order valence-electron chi connectivity index (χ0n) is 12.8. The minimum absolute atomic E-state index is 0.292. The van der Waals surface area contributed by atoms with Crippen molar-refractivity contribution in [2.75, 3.05) is 19.5 Å². The lowest BCUT2D eigenvalue weighted by molar-refractivity contribution is 0.102. The van der Waals surface area contributed by atoms with Crippen LogP contribution < -0.4 is 14.8 Å². The van der Waals surface area contributed by atoms with Crippen LogP contribution in [-0.2, 0) is 0 Å². The van der Waals surface area contributed by atoms with Gasteiger partial charge in [0.25, 0.3) is 5.91 Å². The number of hydrogen-bond donors (Lipinski definition) is 1. The zero-order valence-corrected chi connectivity index (χ0v) is 15.2. The number of methoxy groups -OCH3 is 2. The smallest absolute Gasteiger partial charge is 0.261 e. The van der Waals surface area contributed by atoms with Crippen molar-refractivity contribution in [2.24, 2.45) is 0 Å². The van der Waals surface area contributed by atoms with E-state index < -0.39 is 0 Å². The van der Waals surface area contributed by atoms with Gasteiger partial charge in [0.1, 0.15) is 11.5 Å². The maximum Gasteiger partial charge on any atom is 0.261 e. The van der Waals surface area contributed by atoms with Crippen LogP contribution in [0.1, 0.15) is 10.4 Å². The number of carbonyl (C=O) groups excluding carboxylic acids is 1. The summed E-state index contributed by atoms with van der Waals surface area (Å²) in [4.78, 5) is 17.8. The molecule has 0 unspecified atom stereocenters. The van der Waals surface area contributed by atoms with Gasteiger partial charge in [-0.05, 0) is 24.3 Å². The molecule has 0 bridgehead atoms. The Morgan fingerprint density at radius 3 is 2.71 bits per heavy atom. The zero-order chi connectivity index (χ0) is 17.1. The van der Waals surface area contributed by atoms with Crippen molar-refractivity contribution in [3.63, 3.8) is 0 Å². The summed E-state index contributed by atoms with van der Waals surface area (Å²) in [5, 5.41) is 5.18. The van der Waals surface area contributed by atoms with Crippen molar-refractivity contribution in [3.8, 4) is 22.1 Å². The van der Waals surface area contributed by atoms with E-state index in [1.165, 1.54) is 29.8 Å². The van der Waals surface area contributed by atoms with Gasteiger partial charge >= 0.3 is 0 Å². The second kappa shape index (κ2) is 7.21. The Balaban J connectivity index is 1.79. The molecule has 3 rings (SSSR count). The fourth-order valence-corrected chi connectivity index (χ4v) is 3.83. The normalized spacial score (nSPS) is 10.5. The minimum Gasteiger partial charge on any atom is -0.497 e. The van der Waals surface area contributed by atoms with Gasteiger partial charge in [-0.3, -0.25) is 10.1 Å². The largest absolute Gasteiger partial charge is 0.497 e. The lowest BCUT2D eigenvalue weighted by atomic mass is 10.2. The first-order valence-electron chi connectivity index (χ1n) is 6.85. The van der Waals surface area contributed by atoms with Gasteiger partial charge in [0, 0.05) is 11.4 Å². The molecule has 0 aliphatic carbocycles. The topological polar surface area (TPSA) is 60.5 Å². The summed E-state index contributed by atoms with van der Waals surface area (Å²) in [6.07, 6.45) is 0. The molecular weight excluding hydrogens is 368 g/mol. The van der Waals surface area contributed by atoms with E-state index in [1.807, 2.05) is 17.5 Å². The molecule has 0 saturated heterocycles. The van der Waals surface area contributed by atoms with Crippen LogP contribution in [0.15, 0.2) is 35.7 Å². The highest BCUT2D eigenvalue weighted by molar-refractivity contribution is 7.20. The van der Waals surface area contributed by atoms with Crippen LogP contribution in [0.4, 0.5) is 5.13 Å². The van der Waals surface area contributed by atoms with E-state index in [9.17, 15) is 4.79 Å². The number of nitrogens with one attached hydrogen (secondary N) is 1. The summed E-state index contributed by atoms with van der Waals surface area (Å²) >= 11 is 8.74. The van der Waals surface area contributed by atoms with Crippen LogP contribution in [0.3, 0.4) is 0 Å². The third-order valence-electron chi connectivity index (χ3n) is 3.20. The molecule has 0 aliphatic rings. The molecule has 0 radical (unpaired) electrons. The summed E-state index contributed by atoms with van der Waals surface area (Å²) in [6, 6.07) is 8.75. The second-order valence-electron chi connectivity index (χ2n) is 4.66. The van der Waals surface area contributed by atoms with Gasteiger partial charge in [-0.2, -0.15) is 0 Å². The van der Waals surface area contributed by atoms with E-state index in [0.717, 1.165) is 10.6 Å². The van der Waals surface area contributed by atoms with E-state index >= 15 is 0 Å². The van der Waals surface area contributed by atoms with Gasteiger partial charge in [0.2, 0.25) is 0 Å². The predicted octanol–water partition coefficient (Wildman–Crippen LogP) is 4.79. The Morgan fingerprint density at radius 1 is 1.21 bits per heavy atom. The van der Waals surface area contributed by atoms with E-state index in [2.05, 4.69) is 10.3 Å². The molecule has 0 spiro atoms.